The van der Waals surface area contributed by atoms with E-state index < -0.39 is 0 Å². The van der Waals surface area contributed by atoms with Gasteiger partial charge in [0.1, 0.15) is 17.1 Å². The van der Waals surface area contributed by atoms with E-state index in [-0.39, 0.29) is 5.82 Å². The molecular formula is C15H13ClFN3O. The zero-order valence-corrected chi connectivity index (χ0v) is 12.3. The largest absolute Gasteiger partial charge is 0.496 e. The Labute approximate surface area is 125 Å². The van der Waals surface area contributed by atoms with E-state index in [9.17, 15) is 4.39 Å². The van der Waals surface area contributed by atoms with E-state index in [1.165, 1.54) is 13.2 Å². The second-order valence-electron chi connectivity index (χ2n) is 4.68. The van der Waals surface area contributed by atoms with Gasteiger partial charge in [0.05, 0.1) is 28.9 Å². The molecule has 3 aromatic rings. The predicted molar refractivity (Wildman–Crippen MR) is 82.1 cm³/mol. The summed E-state index contributed by atoms with van der Waals surface area (Å²) in [5.41, 5.74) is 7.87. The van der Waals surface area contributed by atoms with Crippen LogP contribution in [0.3, 0.4) is 0 Å². The zero-order valence-electron chi connectivity index (χ0n) is 11.5. The third-order valence-corrected chi connectivity index (χ3v) is 3.75. The number of hydrogen-bond donors (Lipinski definition) is 1. The third kappa shape index (κ3) is 2.10. The first kappa shape index (κ1) is 13.7. The number of methoxy groups -OCH3 is 1. The molecular weight excluding hydrogens is 293 g/mol. The van der Waals surface area contributed by atoms with Gasteiger partial charge in [0.15, 0.2) is 5.82 Å². The van der Waals surface area contributed by atoms with Gasteiger partial charge in [0.2, 0.25) is 0 Å². The maximum Gasteiger partial charge on any atom is 0.151 e. The standard InChI is InChI=1S/C15H13ClFN3O/c1-20-12-5-3-4-10(17)14(12)19-15(20)8-6-9(16)11(18)7-13(8)21-2/h3-7H,18H2,1-2H3. The highest BCUT2D eigenvalue weighted by Crippen LogP contribution is 2.36. The molecule has 0 amide bonds. The molecule has 0 atom stereocenters. The van der Waals surface area contributed by atoms with Gasteiger partial charge < -0.3 is 15.0 Å². The van der Waals surface area contributed by atoms with Crippen LogP contribution in [0, 0.1) is 5.82 Å². The SMILES string of the molecule is COc1cc(N)c(Cl)cc1-c1nc2c(F)cccc2n1C. The highest BCUT2D eigenvalue weighted by atomic mass is 35.5. The molecule has 108 valence electrons. The lowest BCUT2D eigenvalue weighted by Crippen LogP contribution is -1.97. The number of rotatable bonds is 2. The van der Waals surface area contributed by atoms with Crippen LogP contribution in [0.5, 0.6) is 5.75 Å². The van der Waals surface area contributed by atoms with Gasteiger partial charge >= 0.3 is 0 Å². The molecule has 0 unspecified atom stereocenters. The van der Waals surface area contributed by atoms with Crippen LogP contribution in [0.1, 0.15) is 0 Å². The Morgan fingerprint density at radius 2 is 2.10 bits per heavy atom. The third-order valence-electron chi connectivity index (χ3n) is 3.42. The van der Waals surface area contributed by atoms with Crippen LogP contribution in [-0.2, 0) is 7.05 Å². The molecule has 3 rings (SSSR count). The minimum atomic E-state index is -0.366. The summed E-state index contributed by atoms with van der Waals surface area (Å²) in [6, 6.07) is 8.14. The summed E-state index contributed by atoms with van der Waals surface area (Å²) in [4.78, 5) is 4.37. The van der Waals surface area contributed by atoms with E-state index in [1.807, 2.05) is 7.05 Å². The summed E-state index contributed by atoms with van der Waals surface area (Å²) in [7, 11) is 3.35. The van der Waals surface area contributed by atoms with Crippen LogP contribution in [0.25, 0.3) is 22.4 Å². The molecule has 0 spiro atoms. The number of para-hydroxylation sites is 1. The smallest absolute Gasteiger partial charge is 0.151 e. The Morgan fingerprint density at radius 3 is 2.76 bits per heavy atom. The van der Waals surface area contributed by atoms with Crippen molar-refractivity contribution >= 4 is 28.3 Å². The number of nitrogens with zero attached hydrogens (tertiary/aromatic N) is 2. The summed E-state index contributed by atoms with van der Waals surface area (Å²) in [5.74, 6) is 0.736. The Morgan fingerprint density at radius 1 is 1.33 bits per heavy atom. The molecule has 0 saturated heterocycles. The lowest BCUT2D eigenvalue weighted by Gasteiger charge is -2.10. The van der Waals surface area contributed by atoms with Gasteiger partial charge in [-0.1, -0.05) is 17.7 Å². The maximum atomic E-state index is 13.9. The predicted octanol–water partition coefficient (Wildman–Crippen LogP) is 3.62. The molecule has 0 aliphatic heterocycles. The van der Waals surface area contributed by atoms with Gasteiger partial charge in [-0.05, 0) is 18.2 Å². The fraction of sp³-hybridized carbons (Fsp3) is 0.133. The number of fused-ring (bicyclic) bond motifs is 1. The minimum absolute atomic E-state index is 0.310. The van der Waals surface area contributed by atoms with Crippen molar-refractivity contribution in [2.45, 2.75) is 0 Å². The number of aryl methyl sites for hydroxylation is 1. The van der Waals surface area contributed by atoms with E-state index in [2.05, 4.69) is 4.98 Å². The summed E-state index contributed by atoms with van der Waals surface area (Å²) >= 11 is 6.08. The van der Waals surface area contributed by atoms with Gasteiger partial charge in [-0.3, -0.25) is 0 Å². The van der Waals surface area contributed by atoms with Gasteiger partial charge in [-0.15, -0.1) is 0 Å². The Bertz CT molecular complexity index is 845. The van der Waals surface area contributed by atoms with Crippen molar-refractivity contribution in [3.8, 4) is 17.1 Å². The minimum Gasteiger partial charge on any atom is -0.496 e. The van der Waals surface area contributed by atoms with Crippen molar-refractivity contribution in [1.82, 2.24) is 9.55 Å². The van der Waals surface area contributed by atoms with E-state index in [0.717, 1.165) is 0 Å². The van der Waals surface area contributed by atoms with Crippen LogP contribution in [0.15, 0.2) is 30.3 Å². The average molecular weight is 306 g/mol. The van der Waals surface area contributed by atoms with Crippen LogP contribution >= 0.6 is 11.6 Å². The molecule has 0 radical (unpaired) electrons. The fourth-order valence-corrected chi connectivity index (χ4v) is 2.50. The van der Waals surface area contributed by atoms with E-state index in [4.69, 9.17) is 22.1 Å². The van der Waals surface area contributed by atoms with E-state index in [0.29, 0.717) is 38.9 Å². The molecule has 2 aromatic carbocycles. The molecule has 0 saturated carbocycles. The van der Waals surface area contributed by atoms with Crippen LogP contribution < -0.4 is 10.5 Å². The second kappa shape index (κ2) is 4.93. The number of imidazole rings is 1. The number of nitrogens with two attached hydrogens (primary N) is 1. The molecule has 0 bridgehead atoms. The average Bonchev–Trinajstić information content (AvgIpc) is 2.80. The topological polar surface area (TPSA) is 53.1 Å². The number of nitrogen functional groups attached to an aromatic ring is 1. The van der Waals surface area contributed by atoms with Crippen LogP contribution in [0.4, 0.5) is 10.1 Å². The summed E-state index contributed by atoms with van der Waals surface area (Å²) in [5, 5.41) is 0.401. The monoisotopic (exact) mass is 305 g/mol. The number of aromatic nitrogens is 2. The summed E-state index contributed by atoms with van der Waals surface area (Å²) < 4.78 is 21.0. The highest BCUT2D eigenvalue weighted by Gasteiger charge is 2.17. The Kier molecular flexibility index (Phi) is 3.22. The van der Waals surface area contributed by atoms with Crippen LogP contribution in [-0.4, -0.2) is 16.7 Å². The van der Waals surface area contributed by atoms with Crippen molar-refractivity contribution in [2.75, 3.05) is 12.8 Å². The lowest BCUT2D eigenvalue weighted by molar-refractivity contribution is 0.416. The Hall–Kier alpha value is -2.27. The quantitative estimate of drug-likeness (QED) is 0.736. The first-order valence-corrected chi connectivity index (χ1v) is 6.65. The molecule has 0 aliphatic carbocycles. The van der Waals surface area contributed by atoms with Crippen LogP contribution in [0.2, 0.25) is 5.02 Å². The summed E-state index contributed by atoms with van der Waals surface area (Å²) in [6.45, 7) is 0. The summed E-state index contributed by atoms with van der Waals surface area (Å²) in [6.07, 6.45) is 0. The molecule has 1 heterocycles. The lowest BCUT2D eigenvalue weighted by atomic mass is 10.1. The van der Waals surface area contributed by atoms with Gasteiger partial charge in [-0.25, -0.2) is 9.37 Å². The number of halogens is 2. The van der Waals surface area contributed by atoms with Gasteiger partial charge in [0.25, 0.3) is 0 Å². The van der Waals surface area contributed by atoms with Crippen molar-refractivity contribution < 1.29 is 9.13 Å². The number of benzene rings is 2. The van der Waals surface area contributed by atoms with E-state index >= 15 is 0 Å². The molecule has 0 fully saturated rings. The van der Waals surface area contributed by atoms with Crippen molar-refractivity contribution in [3.63, 3.8) is 0 Å². The molecule has 0 aliphatic rings. The second-order valence-corrected chi connectivity index (χ2v) is 5.08. The molecule has 6 heteroatoms. The van der Waals surface area contributed by atoms with E-state index in [1.54, 1.807) is 28.8 Å². The highest BCUT2D eigenvalue weighted by molar-refractivity contribution is 6.33. The Balaban J connectivity index is 2.33. The van der Waals surface area contributed by atoms with Gasteiger partial charge in [-0.2, -0.15) is 0 Å². The zero-order chi connectivity index (χ0) is 15.1. The van der Waals surface area contributed by atoms with Crippen molar-refractivity contribution in [3.05, 3.63) is 41.2 Å². The number of hydrogen-bond acceptors (Lipinski definition) is 3. The molecule has 2 N–H and O–H groups in total. The fourth-order valence-electron chi connectivity index (χ4n) is 2.33. The van der Waals surface area contributed by atoms with Crippen molar-refractivity contribution in [1.29, 1.82) is 0 Å². The molecule has 21 heavy (non-hydrogen) atoms. The molecule has 4 nitrogen and oxygen atoms in total. The maximum absolute atomic E-state index is 13.9. The number of ether oxygens (including phenoxy) is 1. The first-order valence-electron chi connectivity index (χ1n) is 6.27. The first-order chi connectivity index (χ1) is 10.0. The molecule has 1 aromatic heterocycles. The number of anilines is 1. The van der Waals surface area contributed by atoms with Gasteiger partial charge in [0, 0.05) is 13.1 Å². The van der Waals surface area contributed by atoms with Crippen molar-refractivity contribution in [2.24, 2.45) is 7.05 Å². The normalized spacial score (nSPS) is 11.0.